The minimum absolute atomic E-state index is 0.379. The molecule has 3 nitrogen and oxygen atoms in total. The molecule has 18 heavy (non-hydrogen) atoms. The predicted octanol–water partition coefficient (Wildman–Crippen LogP) is 3.69. The van der Waals surface area contributed by atoms with Crippen LogP contribution in [0.1, 0.15) is 31.2 Å². The Labute approximate surface area is 116 Å². The van der Waals surface area contributed by atoms with E-state index in [0.29, 0.717) is 11.7 Å². The third kappa shape index (κ3) is 3.72. The van der Waals surface area contributed by atoms with Crippen LogP contribution in [0.4, 0.5) is 5.69 Å². The molecular formula is C14H17BrN2O. The molecule has 1 saturated heterocycles. The molecule has 0 amide bonds. The topological polar surface area (TPSA) is 45.0 Å². The van der Waals surface area contributed by atoms with Crippen LogP contribution in [0.3, 0.4) is 0 Å². The maximum absolute atomic E-state index is 9.03. The summed E-state index contributed by atoms with van der Waals surface area (Å²) in [5.74, 6) is 0. The van der Waals surface area contributed by atoms with Gasteiger partial charge < -0.3 is 10.1 Å². The minimum atomic E-state index is 0.379. The molecular weight excluding hydrogens is 292 g/mol. The van der Waals surface area contributed by atoms with E-state index in [0.717, 1.165) is 36.2 Å². The van der Waals surface area contributed by atoms with Crippen LogP contribution >= 0.6 is 15.9 Å². The van der Waals surface area contributed by atoms with E-state index >= 15 is 0 Å². The van der Waals surface area contributed by atoms with Crippen molar-refractivity contribution in [3.05, 3.63) is 28.2 Å². The van der Waals surface area contributed by atoms with Crippen LogP contribution in [0.15, 0.2) is 22.7 Å². The van der Waals surface area contributed by atoms with Gasteiger partial charge in [-0.3, -0.25) is 0 Å². The number of ether oxygens (including phenoxy) is 1. The molecule has 0 spiro atoms. The molecule has 1 atom stereocenters. The first-order chi connectivity index (χ1) is 8.79. The van der Waals surface area contributed by atoms with Crippen LogP contribution in [0.2, 0.25) is 0 Å². The largest absolute Gasteiger partial charge is 0.384 e. The lowest BCUT2D eigenvalue weighted by Gasteiger charge is -2.22. The molecule has 0 saturated carbocycles. The van der Waals surface area contributed by atoms with Crippen LogP contribution in [-0.2, 0) is 4.74 Å². The van der Waals surface area contributed by atoms with Crippen LogP contribution in [0, 0.1) is 11.3 Å². The highest BCUT2D eigenvalue weighted by atomic mass is 79.9. The maximum atomic E-state index is 9.03. The predicted molar refractivity (Wildman–Crippen MR) is 75.6 cm³/mol. The van der Waals surface area contributed by atoms with Crippen molar-refractivity contribution in [3.8, 4) is 6.07 Å². The summed E-state index contributed by atoms with van der Waals surface area (Å²) < 4.78 is 6.67. The lowest BCUT2D eigenvalue weighted by Crippen LogP contribution is -2.22. The Kier molecular flexibility index (Phi) is 5.03. The zero-order valence-corrected chi connectivity index (χ0v) is 11.9. The molecule has 0 aromatic heterocycles. The second-order valence-electron chi connectivity index (χ2n) is 4.51. The summed E-state index contributed by atoms with van der Waals surface area (Å²) >= 11 is 3.42. The number of hydrogen-bond donors (Lipinski definition) is 1. The van der Waals surface area contributed by atoms with E-state index in [4.69, 9.17) is 10.00 Å². The van der Waals surface area contributed by atoms with Crippen molar-refractivity contribution in [1.82, 2.24) is 0 Å². The Morgan fingerprint density at radius 2 is 2.33 bits per heavy atom. The van der Waals surface area contributed by atoms with Crippen molar-refractivity contribution in [3.63, 3.8) is 0 Å². The van der Waals surface area contributed by atoms with E-state index < -0.39 is 0 Å². The molecule has 1 fully saturated rings. The first-order valence-corrected chi connectivity index (χ1v) is 7.14. The average Bonchev–Trinajstić information content (AvgIpc) is 2.40. The average molecular weight is 309 g/mol. The summed E-state index contributed by atoms with van der Waals surface area (Å²) in [6, 6.07) is 7.85. The van der Waals surface area contributed by atoms with E-state index in [1.807, 2.05) is 18.2 Å². The van der Waals surface area contributed by atoms with Crippen molar-refractivity contribution in [2.24, 2.45) is 0 Å². The fourth-order valence-electron chi connectivity index (χ4n) is 2.16. The van der Waals surface area contributed by atoms with Gasteiger partial charge in [0.05, 0.1) is 17.4 Å². The minimum Gasteiger partial charge on any atom is -0.384 e. The quantitative estimate of drug-likeness (QED) is 0.922. The molecule has 0 aliphatic carbocycles. The fourth-order valence-corrected chi connectivity index (χ4v) is 2.52. The lowest BCUT2D eigenvalue weighted by atomic mass is 10.1. The van der Waals surface area contributed by atoms with Crippen LogP contribution in [-0.4, -0.2) is 19.3 Å². The molecule has 1 aromatic rings. The number of anilines is 1. The number of rotatable bonds is 4. The normalized spacial score (nSPS) is 19.2. The summed E-state index contributed by atoms with van der Waals surface area (Å²) in [4.78, 5) is 0. The standard InChI is InChI=1S/C14H17BrN2O/c15-12-5-4-11(10-16)14(9-12)17-7-6-13-3-1-2-8-18-13/h4-5,9,13,17H,1-3,6-8H2. The summed E-state index contributed by atoms with van der Waals surface area (Å²) in [7, 11) is 0. The van der Waals surface area contributed by atoms with Gasteiger partial charge in [0.15, 0.2) is 0 Å². The van der Waals surface area contributed by atoms with Gasteiger partial charge in [-0.05, 0) is 43.9 Å². The van der Waals surface area contributed by atoms with Gasteiger partial charge >= 0.3 is 0 Å². The summed E-state index contributed by atoms with van der Waals surface area (Å²) in [6.07, 6.45) is 4.99. The first-order valence-electron chi connectivity index (χ1n) is 6.35. The Morgan fingerprint density at radius 3 is 3.06 bits per heavy atom. The zero-order valence-electron chi connectivity index (χ0n) is 10.3. The molecule has 1 N–H and O–H groups in total. The Hall–Kier alpha value is -1.05. The fraction of sp³-hybridized carbons (Fsp3) is 0.500. The van der Waals surface area contributed by atoms with Gasteiger partial charge in [-0.25, -0.2) is 0 Å². The number of nitrogens with zero attached hydrogens (tertiary/aromatic N) is 1. The van der Waals surface area contributed by atoms with Crippen molar-refractivity contribution < 1.29 is 4.74 Å². The van der Waals surface area contributed by atoms with Gasteiger partial charge in [-0.15, -0.1) is 0 Å². The molecule has 2 rings (SSSR count). The maximum Gasteiger partial charge on any atom is 0.101 e. The molecule has 1 heterocycles. The number of nitriles is 1. The van der Waals surface area contributed by atoms with Gasteiger partial charge in [-0.2, -0.15) is 5.26 Å². The molecule has 1 unspecified atom stereocenters. The second-order valence-corrected chi connectivity index (χ2v) is 5.42. The molecule has 0 bridgehead atoms. The molecule has 1 aromatic carbocycles. The molecule has 4 heteroatoms. The van der Waals surface area contributed by atoms with Gasteiger partial charge in [0.25, 0.3) is 0 Å². The number of hydrogen-bond acceptors (Lipinski definition) is 3. The van der Waals surface area contributed by atoms with Crippen molar-refractivity contribution in [2.75, 3.05) is 18.5 Å². The summed E-state index contributed by atoms with van der Waals surface area (Å²) in [5, 5.41) is 12.3. The third-order valence-corrected chi connectivity index (χ3v) is 3.65. The van der Waals surface area contributed by atoms with E-state index in [2.05, 4.69) is 27.3 Å². The number of halogens is 1. The SMILES string of the molecule is N#Cc1ccc(Br)cc1NCCC1CCCCO1. The monoisotopic (exact) mass is 308 g/mol. The van der Waals surface area contributed by atoms with Gasteiger partial charge in [0, 0.05) is 17.6 Å². The smallest absolute Gasteiger partial charge is 0.101 e. The molecule has 0 radical (unpaired) electrons. The van der Waals surface area contributed by atoms with Crippen molar-refractivity contribution in [1.29, 1.82) is 5.26 Å². The second kappa shape index (κ2) is 6.77. The van der Waals surface area contributed by atoms with Crippen molar-refractivity contribution >= 4 is 21.6 Å². The van der Waals surface area contributed by atoms with Gasteiger partial charge in [0.1, 0.15) is 6.07 Å². The highest BCUT2D eigenvalue weighted by Crippen LogP contribution is 2.21. The van der Waals surface area contributed by atoms with Crippen molar-refractivity contribution in [2.45, 2.75) is 31.8 Å². The van der Waals surface area contributed by atoms with E-state index in [9.17, 15) is 0 Å². The number of nitrogens with one attached hydrogen (secondary N) is 1. The van der Waals surface area contributed by atoms with E-state index in [-0.39, 0.29) is 0 Å². The first kappa shape index (κ1) is 13.4. The summed E-state index contributed by atoms with van der Waals surface area (Å²) in [6.45, 7) is 1.74. The van der Waals surface area contributed by atoms with E-state index in [1.54, 1.807) is 0 Å². The summed E-state index contributed by atoms with van der Waals surface area (Å²) in [5.41, 5.74) is 1.57. The zero-order chi connectivity index (χ0) is 12.8. The molecule has 1 aliphatic rings. The Morgan fingerprint density at radius 1 is 1.44 bits per heavy atom. The highest BCUT2D eigenvalue weighted by molar-refractivity contribution is 9.10. The Bertz CT molecular complexity index is 436. The van der Waals surface area contributed by atoms with Crippen LogP contribution in [0.25, 0.3) is 0 Å². The lowest BCUT2D eigenvalue weighted by molar-refractivity contribution is 0.0134. The Balaban J connectivity index is 1.86. The highest BCUT2D eigenvalue weighted by Gasteiger charge is 2.13. The van der Waals surface area contributed by atoms with E-state index in [1.165, 1.54) is 12.8 Å². The van der Waals surface area contributed by atoms with Crippen LogP contribution in [0.5, 0.6) is 0 Å². The van der Waals surface area contributed by atoms with Crippen LogP contribution < -0.4 is 5.32 Å². The number of benzene rings is 1. The third-order valence-electron chi connectivity index (χ3n) is 3.16. The molecule has 96 valence electrons. The van der Waals surface area contributed by atoms with Gasteiger partial charge in [0.2, 0.25) is 0 Å². The van der Waals surface area contributed by atoms with Gasteiger partial charge in [-0.1, -0.05) is 15.9 Å². The molecule has 1 aliphatic heterocycles.